The number of aryl methyl sites for hydroxylation is 2. The monoisotopic (exact) mass is 245 g/mol. The van der Waals surface area contributed by atoms with Crippen LogP contribution in [0.1, 0.15) is 76.0 Å². The lowest BCUT2D eigenvalue weighted by molar-refractivity contribution is 0.606. The molecule has 18 heavy (non-hydrogen) atoms. The Labute approximate surface area is 114 Å². The number of hydrogen-bond acceptors (Lipinski definition) is 0. The summed E-state index contributed by atoms with van der Waals surface area (Å²) in [6.07, 6.45) is 11.8. The lowest BCUT2D eigenvalue weighted by atomic mass is 9.93. The fraction of sp³-hybridized carbons (Fsp3) is 0.667. The Kier molecular flexibility index (Phi) is 7.80. The Morgan fingerprint density at radius 3 is 2.28 bits per heavy atom. The molecule has 0 aliphatic carbocycles. The van der Waals surface area contributed by atoms with Gasteiger partial charge in [0.2, 0.25) is 0 Å². The first-order chi connectivity index (χ1) is 8.83. The van der Waals surface area contributed by atoms with Crippen LogP contribution in [-0.2, 0) is 19.3 Å². The van der Waals surface area contributed by atoms with Crippen LogP contribution in [0.4, 0.5) is 0 Å². The molecule has 0 amide bonds. The third kappa shape index (κ3) is 4.84. The third-order valence-electron chi connectivity index (χ3n) is 3.81. The van der Waals surface area contributed by atoms with E-state index in [1.807, 2.05) is 0 Å². The van der Waals surface area contributed by atoms with Gasteiger partial charge in [-0.2, -0.15) is 0 Å². The number of unbranched alkanes of at least 4 members (excludes halogenated alkanes) is 5. The van der Waals surface area contributed by atoms with Gasteiger partial charge in [-0.15, -0.1) is 0 Å². The molecule has 0 nitrogen and oxygen atoms in total. The van der Waals surface area contributed by atoms with Crippen LogP contribution < -0.4 is 0 Å². The fourth-order valence-electron chi connectivity index (χ4n) is 2.70. The van der Waals surface area contributed by atoms with Crippen LogP contribution in [0.2, 0.25) is 0 Å². The van der Waals surface area contributed by atoms with Gasteiger partial charge in [-0.05, 0) is 48.4 Å². The molecule has 1 rings (SSSR count). The summed E-state index contributed by atoms with van der Waals surface area (Å²) in [7, 11) is 0. The van der Waals surface area contributed by atoms with Crippen molar-refractivity contribution in [2.24, 2.45) is 0 Å². The molecule has 0 heterocycles. The summed E-state index contributed by atoms with van der Waals surface area (Å²) in [5, 5.41) is 0. The van der Waals surface area contributed by atoms with Crippen LogP contribution in [0, 0.1) is 6.07 Å². The van der Waals surface area contributed by atoms with E-state index >= 15 is 0 Å². The highest BCUT2D eigenvalue weighted by molar-refractivity contribution is 5.34. The van der Waals surface area contributed by atoms with Gasteiger partial charge < -0.3 is 0 Å². The van der Waals surface area contributed by atoms with E-state index in [2.05, 4.69) is 39.0 Å². The van der Waals surface area contributed by atoms with E-state index in [1.165, 1.54) is 56.1 Å². The second-order valence-corrected chi connectivity index (χ2v) is 5.18. The average Bonchev–Trinajstić information content (AvgIpc) is 2.42. The average molecular weight is 245 g/mol. The predicted molar refractivity (Wildman–Crippen MR) is 81.1 cm³/mol. The molecular formula is C18H29. The molecule has 0 spiro atoms. The maximum absolute atomic E-state index is 3.46. The minimum atomic E-state index is 1.15. The van der Waals surface area contributed by atoms with E-state index in [-0.39, 0.29) is 0 Å². The van der Waals surface area contributed by atoms with Gasteiger partial charge >= 0.3 is 0 Å². The Morgan fingerprint density at radius 1 is 0.889 bits per heavy atom. The summed E-state index contributed by atoms with van der Waals surface area (Å²) >= 11 is 0. The zero-order valence-corrected chi connectivity index (χ0v) is 12.5. The van der Waals surface area contributed by atoms with Crippen molar-refractivity contribution in [3.8, 4) is 0 Å². The topological polar surface area (TPSA) is 0 Å². The van der Waals surface area contributed by atoms with Crippen LogP contribution in [0.5, 0.6) is 0 Å². The van der Waals surface area contributed by atoms with Gasteiger partial charge in [0.1, 0.15) is 0 Å². The van der Waals surface area contributed by atoms with E-state index in [0.717, 1.165) is 12.8 Å². The van der Waals surface area contributed by atoms with Crippen molar-refractivity contribution in [1.82, 2.24) is 0 Å². The second kappa shape index (κ2) is 9.19. The van der Waals surface area contributed by atoms with Crippen LogP contribution >= 0.6 is 0 Å². The summed E-state index contributed by atoms with van der Waals surface area (Å²) in [5.41, 5.74) is 4.57. The molecule has 0 bridgehead atoms. The smallest absolute Gasteiger partial charge is 0.0146 e. The molecule has 0 N–H and O–H groups in total. The highest BCUT2D eigenvalue weighted by Crippen LogP contribution is 2.18. The summed E-state index contributed by atoms with van der Waals surface area (Å²) in [5.74, 6) is 0. The molecular weight excluding hydrogens is 216 g/mol. The summed E-state index contributed by atoms with van der Waals surface area (Å²) < 4.78 is 0. The number of benzene rings is 1. The fourth-order valence-corrected chi connectivity index (χ4v) is 2.70. The van der Waals surface area contributed by atoms with Crippen molar-refractivity contribution in [1.29, 1.82) is 0 Å². The van der Waals surface area contributed by atoms with Crippen molar-refractivity contribution in [2.45, 2.75) is 78.6 Å². The van der Waals surface area contributed by atoms with E-state index in [9.17, 15) is 0 Å². The van der Waals surface area contributed by atoms with Crippen molar-refractivity contribution in [3.05, 3.63) is 34.9 Å². The molecule has 0 fully saturated rings. The molecule has 0 saturated heterocycles. The summed E-state index contributed by atoms with van der Waals surface area (Å²) in [6, 6.07) is 7.82. The predicted octanol–water partition coefficient (Wildman–Crippen LogP) is 5.51. The lowest BCUT2D eigenvalue weighted by Gasteiger charge is -2.12. The standard InChI is InChI=1S/C18H29/c1-4-7-8-9-10-11-13-17-15-12-14-16(5-2)18(17)6-3/h12,14H,4-11,13H2,1-3H3. The summed E-state index contributed by atoms with van der Waals surface area (Å²) in [4.78, 5) is 0. The molecule has 101 valence electrons. The Morgan fingerprint density at radius 2 is 1.61 bits per heavy atom. The van der Waals surface area contributed by atoms with E-state index < -0.39 is 0 Å². The second-order valence-electron chi connectivity index (χ2n) is 5.18. The molecule has 1 radical (unpaired) electrons. The lowest BCUT2D eigenvalue weighted by Crippen LogP contribution is -1.99. The first-order valence-electron chi connectivity index (χ1n) is 7.84. The zero-order valence-electron chi connectivity index (χ0n) is 12.5. The van der Waals surface area contributed by atoms with Gasteiger partial charge in [-0.3, -0.25) is 0 Å². The van der Waals surface area contributed by atoms with Crippen molar-refractivity contribution in [2.75, 3.05) is 0 Å². The molecule has 1 aromatic carbocycles. The van der Waals surface area contributed by atoms with Gasteiger partial charge in [-0.25, -0.2) is 0 Å². The van der Waals surface area contributed by atoms with Crippen molar-refractivity contribution >= 4 is 0 Å². The first-order valence-corrected chi connectivity index (χ1v) is 7.84. The van der Waals surface area contributed by atoms with E-state index in [0.29, 0.717) is 0 Å². The zero-order chi connectivity index (χ0) is 13.2. The maximum atomic E-state index is 3.46. The van der Waals surface area contributed by atoms with Crippen molar-refractivity contribution < 1.29 is 0 Å². The van der Waals surface area contributed by atoms with Gasteiger partial charge in [0, 0.05) is 0 Å². The minimum Gasteiger partial charge on any atom is -0.0654 e. The maximum Gasteiger partial charge on any atom is -0.0146 e. The first kappa shape index (κ1) is 15.3. The normalized spacial score (nSPS) is 10.8. The van der Waals surface area contributed by atoms with E-state index in [4.69, 9.17) is 0 Å². The van der Waals surface area contributed by atoms with Gasteiger partial charge in [0.25, 0.3) is 0 Å². The van der Waals surface area contributed by atoms with Crippen LogP contribution in [0.3, 0.4) is 0 Å². The van der Waals surface area contributed by atoms with Gasteiger partial charge in [0.05, 0.1) is 0 Å². The molecule has 0 unspecified atom stereocenters. The molecule has 0 atom stereocenters. The third-order valence-corrected chi connectivity index (χ3v) is 3.81. The number of rotatable bonds is 9. The SMILES string of the molecule is CCCCCCCCc1[c]ccc(CC)c1CC. The minimum absolute atomic E-state index is 1.15. The Bertz CT molecular complexity index is 325. The molecule has 0 saturated carbocycles. The quantitative estimate of drug-likeness (QED) is 0.503. The highest BCUT2D eigenvalue weighted by Gasteiger charge is 2.05. The molecule has 0 aromatic heterocycles. The van der Waals surface area contributed by atoms with Crippen molar-refractivity contribution in [3.63, 3.8) is 0 Å². The van der Waals surface area contributed by atoms with Crippen LogP contribution in [0.15, 0.2) is 12.1 Å². The molecule has 1 aromatic rings. The Hall–Kier alpha value is -0.780. The number of hydrogen-bond donors (Lipinski definition) is 0. The highest BCUT2D eigenvalue weighted by atomic mass is 14.1. The molecule has 0 aliphatic heterocycles. The van der Waals surface area contributed by atoms with Gasteiger partial charge in [-0.1, -0.05) is 65.0 Å². The molecule has 0 heteroatoms. The van der Waals surface area contributed by atoms with E-state index in [1.54, 1.807) is 5.56 Å². The largest absolute Gasteiger partial charge is 0.0654 e. The van der Waals surface area contributed by atoms with Crippen LogP contribution in [-0.4, -0.2) is 0 Å². The molecule has 0 aliphatic rings. The van der Waals surface area contributed by atoms with Crippen LogP contribution in [0.25, 0.3) is 0 Å². The van der Waals surface area contributed by atoms with Gasteiger partial charge in [0.15, 0.2) is 0 Å². The summed E-state index contributed by atoms with van der Waals surface area (Å²) in [6.45, 7) is 6.80. The Balaban J connectivity index is 2.41.